The van der Waals surface area contributed by atoms with E-state index < -0.39 is 0 Å². The molecule has 98 valence electrons. The Morgan fingerprint density at radius 2 is 1.94 bits per heavy atom. The van der Waals surface area contributed by atoms with Crippen molar-refractivity contribution in [2.75, 3.05) is 0 Å². The Morgan fingerprint density at radius 1 is 1.28 bits per heavy atom. The molecule has 2 rings (SSSR count). The molecule has 0 aliphatic heterocycles. The number of fused-ring (bicyclic) bond motifs is 1. The number of hydrogen-bond acceptors (Lipinski definition) is 2. The lowest BCUT2D eigenvalue weighted by molar-refractivity contribution is -0.156. The van der Waals surface area contributed by atoms with E-state index in [4.69, 9.17) is 4.74 Å². The van der Waals surface area contributed by atoms with E-state index in [2.05, 4.69) is 24.3 Å². The first-order chi connectivity index (χ1) is 8.44. The Hall–Kier alpha value is -1.31. The van der Waals surface area contributed by atoms with Gasteiger partial charge in [-0.2, -0.15) is 0 Å². The summed E-state index contributed by atoms with van der Waals surface area (Å²) in [5, 5.41) is 0. The van der Waals surface area contributed by atoms with Crippen LogP contribution in [-0.2, 0) is 22.4 Å². The predicted octanol–water partition coefficient (Wildman–Crippen LogP) is 3.52. The maximum absolute atomic E-state index is 11.8. The van der Waals surface area contributed by atoms with Crippen LogP contribution >= 0.6 is 0 Å². The second kappa shape index (κ2) is 5.13. The zero-order valence-corrected chi connectivity index (χ0v) is 11.5. The Labute approximate surface area is 109 Å². The molecule has 0 amide bonds. The van der Waals surface area contributed by atoms with Crippen LogP contribution in [0.3, 0.4) is 0 Å². The van der Waals surface area contributed by atoms with Crippen molar-refractivity contribution in [2.24, 2.45) is 5.92 Å². The molecule has 0 N–H and O–H groups in total. The normalized spacial score (nSPS) is 19.2. The minimum absolute atomic E-state index is 0.0631. The Kier molecular flexibility index (Phi) is 3.74. The van der Waals surface area contributed by atoms with Crippen molar-refractivity contribution in [1.82, 2.24) is 0 Å². The molecule has 0 aromatic heterocycles. The van der Waals surface area contributed by atoms with Crippen LogP contribution in [0.2, 0.25) is 0 Å². The van der Waals surface area contributed by atoms with Gasteiger partial charge in [0.2, 0.25) is 0 Å². The molecule has 0 saturated heterocycles. The van der Waals surface area contributed by atoms with Gasteiger partial charge in [0.15, 0.2) is 0 Å². The lowest BCUT2D eigenvalue weighted by Crippen LogP contribution is -2.26. The summed E-state index contributed by atoms with van der Waals surface area (Å²) >= 11 is 0. The number of ether oxygens (including phenoxy) is 1. The third kappa shape index (κ3) is 3.59. The van der Waals surface area contributed by atoms with Gasteiger partial charge in [0, 0.05) is 6.42 Å². The van der Waals surface area contributed by atoms with E-state index >= 15 is 0 Å². The van der Waals surface area contributed by atoms with E-state index in [-0.39, 0.29) is 11.6 Å². The van der Waals surface area contributed by atoms with Gasteiger partial charge in [-0.15, -0.1) is 0 Å². The molecule has 0 heterocycles. The maximum atomic E-state index is 11.8. The summed E-state index contributed by atoms with van der Waals surface area (Å²) in [6.07, 6.45) is 3.74. The zero-order valence-electron chi connectivity index (χ0n) is 11.5. The van der Waals surface area contributed by atoms with E-state index in [9.17, 15) is 4.79 Å². The van der Waals surface area contributed by atoms with Crippen LogP contribution in [0.4, 0.5) is 0 Å². The number of esters is 1. The highest BCUT2D eigenvalue weighted by Gasteiger charge is 2.23. The van der Waals surface area contributed by atoms with Crippen LogP contribution in [0, 0.1) is 5.92 Å². The Morgan fingerprint density at radius 3 is 2.61 bits per heavy atom. The van der Waals surface area contributed by atoms with Crippen molar-refractivity contribution in [2.45, 2.75) is 52.1 Å². The van der Waals surface area contributed by atoms with Gasteiger partial charge >= 0.3 is 5.97 Å². The van der Waals surface area contributed by atoms with Gasteiger partial charge in [-0.1, -0.05) is 24.3 Å². The summed E-state index contributed by atoms with van der Waals surface area (Å²) in [5.74, 6) is 0.377. The first kappa shape index (κ1) is 13.1. The molecule has 0 saturated carbocycles. The highest BCUT2D eigenvalue weighted by atomic mass is 16.6. The average Bonchev–Trinajstić information content (AvgIpc) is 2.26. The van der Waals surface area contributed by atoms with Gasteiger partial charge in [-0.3, -0.25) is 4.79 Å². The van der Waals surface area contributed by atoms with Crippen molar-refractivity contribution in [3.8, 4) is 0 Å². The summed E-state index contributed by atoms with van der Waals surface area (Å²) < 4.78 is 5.39. The summed E-state index contributed by atoms with van der Waals surface area (Å²) in [5.41, 5.74) is 2.47. The van der Waals surface area contributed by atoms with Gasteiger partial charge < -0.3 is 4.74 Å². The number of carbonyl (C=O) groups excluding carboxylic acids is 1. The van der Waals surface area contributed by atoms with Gasteiger partial charge in [0.05, 0.1) is 0 Å². The highest BCUT2D eigenvalue weighted by molar-refractivity contribution is 5.70. The van der Waals surface area contributed by atoms with E-state index in [1.807, 2.05) is 20.8 Å². The molecule has 1 aliphatic carbocycles. The predicted molar refractivity (Wildman–Crippen MR) is 72.4 cm³/mol. The second-order valence-electron chi connectivity index (χ2n) is 6.17. The summed E-state index contributed by atoms with van der Waals surface area (Å²) in [6, 6.07) is 8.54. The molecular weight excluding hydrogens is 224 g/mol. The van der Waals surface area contributed by atoms with Crippen LogP contribution in [-0.4, -0.2) is 11.6 Å². The van der Waals surface area contributed by atoms with Crippen LogP contribution in [0.15, 0.2) is 24.3 Å². The van der Waals surface area contributed by atoms with Crippen LogP contribution < -0.4 is 0 Å². The molecule has 18 heavy (non-hydrogen) atoms. The van der Waals surface area contributed by atoms with Crippen molar-refractivity contribution >= 4 is 5.97 Å². The SMILES string of the molecule is CC(C)(C)OC(=O)C[C@H]1CCc2ccccc2C1. The largest absolute Gasteiger partial charge is 0.460 e. The number of aryl methyl sites for hydroxylation is 1. The lowest BCUT2D eigenvalue weighted by atomic mass is 9.82. The number of hydrogen-bond donors (Lipinski definition) is 0. The molecule has 2 nitrogen and oxygen atoms in total. The Bertz CT molecular complexity index is 429. The van der Waals surface area contributed by atoms with Gasteiger partial charge in [-0.25, -0.2) is 0 Å². The van der Waals surface area contributed by atoms with E-state index in [1.165, 1.54) is 11.1 Å². The minimum Gasteiger partial charge on any atom is -0.460 e. The average molecular weight is 246 g/mol. The molecule has 0 spiro atoms. The van der Waals surface area contributed by atoms with Crippen molar-refractivity contribution in [1.29, 1.82) is 0 Å². The zero-order chi connectivity index (χ0) is 13.2. The summed E-state index contributed by atoms with van der Waals surface area (Å²) in [4.78, 5) is 11.8. The summed E-state index contributed by atoms with van der Waals surface area (Å²) in [6.45, 7) is 5.75. The first-order valence-corrected chi connectivity index (χ1v) is 6.73. The summed E-state index contributed by atoms with van der Waals surface area (Å²) in [7, 11) is 0. The number of rotatable bonds is 2. The lowest BCUT2D eigenvalue weighted by Gasteiger charge is -2.26. The number of carbonyl (C=O) groups is 1. The number of benzene rings is 1. The molecule has 1 aromatic carbocycles. The highest BCUT2D eigenvalue weighted by Crippen LogP contribution is 2.28. The van der Waals surface area contributed by atoms with Crippen LogP contribution in [0.5, 0.6) is 0 Å². The van der Waals surface area contributed by atoms with E-state index in [1.54, 1.807) is 0 Å². The van der Waals surface area contributed by atoms with Gasteiger partial charge in [-0.05, 0) is 57.1 Å². The molecule has 0 radical (unpaired) electrons. The minimum atomic E-state index is -0.371. The second-order valence-corrected chi connectivity index (χ2v) is 6.17. The molecule has 1 aromatic rings. The van der Waals surface area contributed by atoms with E-state index in [0.717, 1.165) is 19.3 Å². The van der Waals surface area contributed by atoms with Gasteiger partial charge in [0.25, 0.3) is 0 Å². The third-order valence-electron chi connectivity index (χ3n) is 3.32. The molecule has 1 atom stereocenters. The standard InChI is InChI=1S/C16H22O2/c1-16(2,3)18-15(17)11-12-8-9-13-6-4-5-7-14(13)10-12/h4-7,12H,8-11H2,1-3H3/t12-/m0/s1. The Balaban J connectivity index is 1.92. The first-order valence-electron chi connectivity index (χ1n) is 6.73. The molecule has 0 bridgehead atoms. The third-order valence-corrected chi connectivity index (χ3v) is 3.32. The molecule has 2 heteroatoms. The quantitative estimate of drug-likeness (QED) is 0.746. The van der Waals surface area contributed by atoms with Crippen LogP contribution in [0.25, 0.3) is 0 Å². The van der Waals surface area contributed by atoms with Crippen molar-refractivity contribution < 1.29 is 9.53 Å². The van der Waals surface area contributed by atoms with Crippen molar-refractivity contribution in [3.63, 3.8) is 0 Å². The fourth-order valence-electron chi connectivity index (χ4n) is 2.57. The maximum Gasteiger partial charge on any atom is 0.306 e. The molecule has 0 unspecified atom stereocenters. The topological polar surface area (TPSA) is 26.3 Å². The van der Waals surface area contributed by atoms with E-state index in [0.29, 0.717) is 12.3 Å². The molecular formula is C16H22O2. The van der Waals surface area contributed by atoms with Crippen molar-refractivity contribution in [3.05, 3.63) is 35.4 Å². The fraction of sp³-hybridized carbons (Fsp3) is 0.562. The smallest absolute Gasteiger partial charge is 0.306 e. The van der Waals surface area contributed by atoms with Crippen LogP contribution in [0.1, 0.15) is 44.7 Å². The van der Waals surface area contributed by atoms with Gasteiger partial charge in [0.1, 0.15) is 5.60 Å². The molecule has 0 fully saturated rings. The molecule has 1 aliphatic rings. The fourth-order valence-corrected chi connectivity index (χ4v) is 2.57. The monoisotopic (exact) mass is 246 g/mol.